The summed E-state index contributed by atoms with van der Waals surface area (Å²) in [6.07, 6.45) is 0.731. The fourth-order valence-corrected chi connectivity index (χ4v) is 5.28. The largest absolute Gasteiger partial charge is 0.480 e. The van der Waals surface area contributed by atoms with Crippen LogP contribution in [-0.2, 0) is 47.9 Å². The summed E-state index contributed by atoms with van der Waals surface area (Å²) in [6, 6.07) is 0. The number of carbonyl (C=O) groups is 10. The molecule has 2 amide bonds. The van der Waals surface area contributed by atoms with Crippen LogP contribution in [0.15, 0.2) is 0 Å². The average Bonchev–Trinajstić information content (AvgIpc) is 3.06. The van der Waals surface area contributed by atoms with Crippen molar-refractivity contribution in [3.63, 3.8) is 0 Å². The number of nitrogens with zero attached hydrogens (tertiary/aromatic N) is 6. The summed E-state index contributed by atoms with van der Waals surface area (Å²) in [4.78, 5) is 122. The number of unbranched alkanes of at least 4 members (excludes halogenated alkanes) is 1. The molecule has 0 atom stereocenters. The molecule has 26 nitrogen and oxygen atoms in total. The Morgan fingerprint density at radius 3 is 0.655 bits per heavy atom. The van der Waals surface area contributed by atoms with Gasteiger partial charge in [-0.15, -0.1) is 0 Å². The van der Waals surface area contributed by atoms with E-state index in [9.17, 15) is 68.4 Å². The van der Waals surface area contributed by atoms with Crippen LogP contribution in [-0.4, -0.2) is 261 Å². The van der Waals surface area contributed by atoms with Crippen molar-refractivity contribution in [3.8, 4) is 0 Å². The predicted octanol–water partition coefficient (Wildman–Crippen LogP) is -5.51. The molecule has 330 valence electrons. The zero-order valence-electron chi connectivity index (χ0n) is 31.9. The molecule has 0 saturated heterocycles. The molecule has 0 aromatic heterocycles. The molecule has 0 unspecified atom stereocenters. The van der Waals surface area contributed by atoms with Crippen LogP contribution in [0, 0.1) is 0 Å². The first-order valence-corrected chi connectivity index (χ1v) is 17.8. The van der Waals surface area contributed by atoms with Gasteiger partial charge in [-0.1, -0.05) is 0 Å². The van der Waals surface area contributed by atoms with Crippen LogP contribution in [0.2, 0.25) is 0 Å². The Hall–Kier alpha value is -5.54. The molecule has 0 heterocycles. The van der Waals surface area contributed by atoms with Gasteiger partial charge in [-0.2, -0.15) is 0 Å². The third kappa shape index (κ3) is 30.7. The Morgan fingerprint density at radius 2 is 0.448 bits per heavy atom. The standard InChI is InChI=1S/C32H54N8O18/c41-23(13-37(17-27(47)48)9-5-35(15-25(43)44)7-11-39(19-29(51)52)20-30(53)54)33-3-1-2-4-34-24(42)14-38(18-28(49)50)10-6-36(16-26(45)46)8-12-40(21-31(55)56)22-32(57)58/h1-22H2,(H,33,41)(H,34,42)(H,43,44)(H,45,46)(H,47,48)(H,49,50)(H,51,52)(H,53,54)(H,55,56)(H,57,58). The van der Waals surface area contributed by atoms with E-state index in [0.29, 0.717) is 12.8 Å². The molecule has 10 N–H and O–H groups in total. The molecule has 0 rings (SSSR count). The lowest BCUT2D eigenvalue weighted by Gasteiger charge is -2.27. The first kappa shape index (κ1) is 52.5. The Morgan fingerprint density at radius 1 is 0.276 bits per heavy atom. The molecule has 0 aromatic rings. The third-order valence-electron chi connectivity index (χ3n) is 7.78. The summed E-state index contributed by atoms with van der Waals surface area (Å²) in [5.74, 6) is -11.3. The van der Waals surface area contributed by atoms with Crippen LogP contribution in [0.4, 0.5) is 0 Å². The summed E-state index contributed by atoms with van der Waals surface area (Å²) >= 11 is 0. The van der Waals surface area contributed by atoms with Gasteiger partial charge in [-0.25, -0.2) is 0 Å². The zero-order valence-corrected chi connectivity index (χ0v) is 31.9. The molecule has 0 bridgehead atoms. The maximum Gasteiger partial charge on any atom is 0.317 e. The Labute approximate surface area is 332 Å². The normalized spacial score (nSPS) is 11.3. The smallest absolute Gasteiger partial charge is 0.317 e. The van der Waals surface area contributed by atoms with Crippen LogP contribution in [0.25, 0.3) is 0 Å². The molecular weight excluding hydrogens is 784 g/mol. The molecule has 26 heteroatoms. The van der Waals surface area contributed by atoms with Crippen LogP contribution in [0.1, 0.15) is 12.8 Å². The second-order valence-electron chi connectivity index (χ2n) is 13.0. The second kappa shape index (κ2) is 29.7. The van der Waals surface area contributed by atoms with E-state index in [-0.39, 0.29) is 78.5 Å². The minimum atomic E-state index is -1.29. The molecule has 0 aliphatic heterocycles. The maximum atomic E-state index is 12.6. The highest BCUT2D eigenvalue weighted by molar-refractivity contribution is 5.80. The minimum Gasteiger partial charge on any atom is -0.480 e. The SMILES string of the molecule is O=C(O)CN(CCN(CC(=O)O)CC(=O)O)CCN(CC(=O)O)CC(=O)NCCCCNC(=O)CN(CCN(CCN(CC(=O)O)CC(=O)O)CC(=O)O)CC(=O)O. The Kier molecular flexibility index (Phi) is 26.8. The molecule has 58 heavy (non-hydrogen) atoms. The maximum absolute atomic E-state index is 12.6. The van der Waals surface area contributed by atoms with Gasteiger partial charge in [-0.3, -0.25) is 77.3 Å². The molecule has 0 aromatic carbocycles. The quantitative estimate of drug-likeness (QED) is 0.0261. The number of amides is 2. The van der Waals surface area contributed by atoms with Crippen LogP contribution >= 0.6 is 0 Å². The number of carboxylic acid groups (broad SMARTS) is 8. The molecule has 0 aliphatic carbocycles. The first-order valence-electron chi connectivity index (χ1n) is 17.8. The van der Waals surface area contributed by atoms with Gasteiger partial charge in [0.2, 0.25) is 11.8 Å². The number of hydrogen-bond acceptors (Lipinski definition) is 16. The molecule has 0 fully saturated rings. The number of carbonyl (C=O) groups excluding carboxylic acids is 2. The van der Waals surface area contributed by atoms with E-state index in [2.05, 4.69) is 10.6 Å². The molecule has 0 saturated carbocycles. The van der Waals surface area contributed by atoms with Gasteiger partial charge < -0.3 is 51.5 Å². The van der Waals surface area contributed by atoms with E-state index in [1.165, 1.54) is 19.6 Å². The number of hydrogen-bond donors (Lipinski definition) is 10. The van der Waals surface area contributed by atoms with E-state index in [1.54, 1.807) is 0 Å². The highest BCUT2D eigenvalue weighted by atomic mass is 16.4. The van der Waals surface area contributed by atoms with Gasteiger partial charge in [0.05, 0.1) is 65.4 Å². The van der Waals surface area contributed by atoms with Crippen molar-refractivity contribution in [1.82, 2.24) is 40.0 Å². The monoisotopic (exact) mass is 838 g/mol. The number of rotatable bonds is 37. The first-order chi connectivity index (χ1) is 27.1. The van der Waals surface area contributed by atoms with Gasteiger partial charge in [-0.05, 0) is 12.8 Å². The molecule has 0 spiro atoms. The van der Waals surface area contributed by atoms with Crippen molar-refractivity contribution < 1.29 is 88.8 Å². The van der Waals surface area contributed by atoms with Crippen molar-refractivity contribution in [1.29, 1.82) is 0 Å². The van der Waals surface area contributed by atoms with E-state index >= 15 is 0 Å². The number of nitrogens with one attached hydrogen (secondary N) is 2. The zero-order chi connectivity index (χ0) is 44.2. The highest BCUT2D eigenvalue weighted by Gasteiger charge is 2.21. The number of carboxylic acids is 8. The van der Waals surface area contributed by atoms with Gasteiger partial charge in [0, 0.05) is 65.4 Å². The average molecular weight is 839 g/mol. The predicted molar refractivity (Wildman–Crippen MR) is 195 cm³/mol. The molecular formula is C32H54N8O18. The van der Waals surface area contributed by atoms with Crippen LogP contribution < -0.4 is 10.6 Å². The van der Waals surface area contributed by atoms with E-state index < -0.39 is 112 Å². The Balaban J connectivity index is 4.97. The van der Waals surface area contributed by atoms with Crippen LogP contribution in [0.3, 0.4) is 0 Å². The van der Waals surface area contributed by atoms with E-state index in [1.807, 2.05) is 0 Å². The lowest BCUT2D eigenvalue weighted by atomic mass is 10.3. The van der Waals surface area contributed by atoms with Crippen molar-refractivity contribution >= 4 is 59.6 Å². The van der Waals surface area contributed by atoms with Crippen molar-refractivity contribution in [2.24, 2.45) is 0 Å². The molecule has 0 aliphatic rings. The topological polar surface area (TPSA) is 376 Å². The summed E-state index contributed by atoms with van der Waals surface area (Å²) < 4.78 is 0. The van der Waals surface area contributed by atoms with Gasteiger partial charge in [0.1, 0.15) is 0 Å². The fraction of sp³-hybridized carbons (Fsp3) is 0.688. The van der Waals surface area contributed by atoms with Gasteiger partial charge >= 0.3 is 47.8 Å². The number of aliphatic carboxylic acids is 8. The lowest BCUT2D eigenvalue weighted by molar-refractivity contribution is -0.144. The Bertz CT molecular complexity index is 1270. The third-order valence-corrected chi connectivity index (χ3v) is 7.78. The van der Waals surface area contributed by atoms with Crippen molar-refractivity contribution in [3.05, 3.63) is 0 Å². The van der Waals surface area contributed by atoms with E-state index in [0.717, 1.165) is 9.80 Å². The summed E-state index contributed by atoms with van der Waals surface area (Å²) in [6.45, 7) is -5.69. The lowest BCUT2D eigenvalue weighted by Crippen LogP contribution is -2.46. The summed E-state index contributed by atoms with van der Waals surface area (Å²) in [5, 5.41) is 78.5. The van der Waals surface area contributed by atoms with Gasteiger partial charge in [0.15, 0.2) is 0 Å². The molecule has 0 radical (unpaired) electrons. The summed E-state index contributed by atoms with van der Waals surface area (Å²) in [7, 11) is 0. The van der Waals surface area contributed by atoms with Crippen molar-refractivity contribution in [2.45, 2.75) is 12.8 Å². The van der Waals surface area contributed by atoms with E-state index in [4.69, 9.17) is 20.4 Å². The highest BCUT2D eigenvalue weighted by Crippen LogP contribution is 2.00. The minimum absolute atomic E-state index is 0.0486. The van der Waals surface area contributed by atoms with Crippen LogP contribution in [0.5, 0.6) is 0 Å². The van der Waals surface area contributed by atoms with Gasteiger partial charge in [0.25, 0.3) is 0 Å². The summed E-state index contributed by atoms with van der Waals surface area (Å²) in [5.41, 5.74) is 0. The fourth-order valence-electron chi connectivity index (χ4n) is 5.28. The van der Waals surface area contributed by atoms with Crippen molar-refractivity contribution in [2.75, 3.05) is 131 Å². The second-order valence-corrected chi connectivity index (χ2v) is 13.0.